The SMILES string of the molecule is COc1ccc(N=C2CC(=O)/C(=C/c3c[nH]c4ncccc34)O2)c(OC)c1. The predicted molar refractivity (Wildman–Crippen MR) is 101 cm³/mol. The molecule has 0 unspecified atom stereocenters. The van der Waals surface area contributed by atoms with E-state index < -0.39 is 0 Å². The number of aliphatic imine (C=N–C) groups is 1. The van der Waals surface area contributed by atoms with Crippen LogP contribution in [0.5, 0.6) is 11.5 Å². The number of ketones is 1. The third kappa shape index (κ3) is 3.27. The van der Waals surface area contributed by atoms with Crippen molar-refractivity contribution in [2.24, 2.45) is 4.99 Å². The van der Waals surface area contributed by atoms with Crippen LogP contribution in [0.25, 0.3) is 17.1 Å². The average Bonchev–Trinajstić information content (AvgIpc) is 3.26. The number of nitrogens with zero attached hydrogens (tertiary/aromatic N) is 2. The number of nitrogens with one attached hydrogen (secondary N) is 1. The minimum absolute atomic E-state index is 0.0988. The summed E-state index contributed by atoms with van der Waals surface area (Å²) in [7, 11) is 3.13. The van der Waals surface area contributed by atoms with Crippen molar-refractivity contribution in [2.45, 2.75) is 6.42 Å². The van der Waals surface area contributed by atoms with Crippen LogP contribution in [0.15, 0.2) is 53.5 Å². The third-order valence-electron chi connectivity index (χ3n) is 4.22. The molecule has 136 valence electrons. The Bertz CT molecular complexity index is 1080. The fraction of sp³-hybridized carbons (Fsp3) is 0.150. The van der Waals surface area contributed by atoms with E-state index in [0.717, 1.165) is 16.6 Å². The predicted octanol–water partition coefficient (Wildman–Crippen LogP) is 3.64. The molecule has 27 heavy (non-hydrogen) atoms. The molecular weight excluding hydrogens is 346 g/mol. The number of rotatable bonds is 4. The highest BCUT2D eigenvalue weighted by Gasteiger charge is 2.26. The van der Waals surface area contributed by atoms with E-state index in [-0.39, 0.29) is 18.0 Å². The van der Waals surface area contributed by atoms with Crippen molar-refractivity contribution in [3.8, 4) is 11.5 Å². The van der Waals surface area contributed by atoms with Crippen LogP contribution in [0, 0.1) is 0 Å². The first-order valence-electron chi connectivity index (χ1n) is 8.32. The molecular formula is C20H17N3O4. The smallest absolute Gasteiger partial charge is 0.207 e. The van der Waals surface area contributed by atoms with E-state index >= 15 is 0 Å². The number of H-pyrrole nitrogens is 1. The number of carbonyl (C=O) groups is 1. The molecule has 0 bridgehead atoms. The number of ether oxygens (including phenoxy) is 3. The molecule has 4 rings (SSSR count). The summed E-state index contributed by atoms with van der Waals surface area (Å²) < 4.78 is 16.2. The zero-order valence-corrected chi connectivity index (χ0v) is 14.9. The third-order valence-corrected chi connectivity index (χ3v) is 4.22. The van der Waals surface area contributed by atoms with Gasteiger partial charge in [-0.25, -0.2) is 9.98 Å². The van der Waals surface area contributed by atoms with E-state index in [1.807, 2.05) is 12.1 Å². The molecule has 2 aromatic heterocycles. The molecule has 0 spiro atoms. The van der Waals surface area contributed by atoms with Crippen LogP contribution in [0.4, 0.5) is 5.69 Å². The molecule has 3 heterocycles. The number of hydrogen-bond donors (Lipinski definition) is 1. The molecule has 1 fully saturated rings. The summed E-state index contributed by atoms with van der Waals surface area (Å²) in [6, 6.07) is 9.03. The number of aromatic amines is 1. The number of fused-ring (bicyclic) bond motifs is 1. The Morgan fingerprint density at radius 3 is 2.96 bits per heavy atom. The number of pyridine rings is 1. The fourth-order valence-corrected chi connectivity index (χ4v) is 2.87. The van der Waals surface area contributed by atoms with Gasteiger partial charge in [0.2, 0.25) is 11.7 Å². The summed E-state index contributed by atoms with van der Waals surface area (Å²) in [4.78, 5) is 24.1. The molecule has 0 saturated carbocycles. The van der Waals surface area contributed by atoms with Crippen molar-refractivity contribution < 1.29 is 19.0 Å². The van der Waals surface area contributed by atoms with Crippen LogP contribution < -0.4 is 9.47 Å². The van der Waals surface area contributed by atoms with Gasteiger partial charge in [-0.2, -0.15) is 0 Å². The number of hydrogen-bond acceptors (Lipinski definition) is 6. The van der Waals surface area contributed by atoms with E-state index in [0.29, 0.717) is 23.1 Å². The normalized spacial score (nSPS) is 16.9. The molecule has 1 N–H and O–H groups in total. The maximum absolute atomic E-state index is 12.3. The summed E-state index contributed by atoms with van der Waals surface area (Å²) in [5, 5.41) is 0.920. The summed E-state index contributed by atoms with van der Waals surface area (Å²) >= 11 is 0. The van der Waals surface area contributed by atoms with E-state index in [1.165, 1.54) is 0 Å². The lowest BCUT2D eigenvalue weighted by molar-refractivity contribution is -0.114. The first-order chi connectivity index (χ1) is 13.2. The minimum atomic E-state index is -0.125. The van der Waals surface area contributed by atoms with Gasteiger partial charge in [-0.1, -0.05) is 0 Å². The Morgan fingerprint density at radius 1 is 1.26 bits per heavy atom. The Morgan fingerprint density at radius 2 is 2.15 bits per heavy atom. The Hall–Kier alpha value is -3.61. The van der Waals surface area contributed by atoms with Crippen molar-refractivity contribution in [1.29, 1.82) is 0 Å². The second-order valence-electron chi connectivity index (χ2n) is 5.90. The Labute approximate surface area is 155 Å². The van der Waals surface area contributed by atoms with E-state index in [2.05, 4.69) is 15.0 Å². The van der Waals surface area contributed by atoms with Crippen molar-refractivity contribution in [3.63, 3.8) is 0 Å². The van der Waals surface area contributed by atoms with E-state index in [1.54, 1.807) is 50.9 Å². The van der Waals surface area contributed by atoms with E-state index in [9.17, 15) is 4.79 Å². The van der Waals surface area contributed by atoms with Crippen molar-refractivity contribution in [2.75, 3.05) is 14.2 Å². The number of Topliss-reactive ketones (excluding diaryl/α,β-unsaturated/α-hetero) is 1. The maximum atomic E-state index is 12.3. The molecule has 1 saturated heterocycles. The lowest BCUT2D eigenvalue weighted by atomic mass is 10.1. The molecule has 1 aromatic carbocycles. The number of methoxy groups -OCH3 is 2. The van der Waals surface area contributed by atoms with Gasteiger partial charge >= 0.3 is 0 Å². The molecule has 0 amide bonds. The van der Waals surface area contributed by atoms with Gasteiger partial charge in [-0.3, -0.25) is 4.79 Å². The fourth-order valence-electron chi connectivity index (χ4n) is 2.87. The molecule has 0 atom stereocenters. The number of carbonyl (C=O) groups excluding carboxylic acids is 1. The average molecular weight is 363 g/mol. The molecule has 0 aliphatic carbocycles. The van der Waals surface area contributed by atoms with Gasteiger partial charge in [0.25, 0.3) is 0 Å². The Kier molecular flexibility index (Phi) is 4.33. The van der Waals surface area contributed by atoms with Gasteiger partial charge in [-0.05, 0) is 30.3 Å². The quantitative estimate of drug-likeness (QED) is 0.715. The summed E-state index contributed by atoms with van der Waals surface area (Å²) in [5.41, 5.74) is 2.16. The standard InChI is InChI=1S/C20H17N3O4/c1-25-13-5-6-15(17(9-13)26-2)23-19-10-16(24)18(27-19)8-12-11-22-20-14(12)4-3-7-21-20/h3-9,11H,10H2,1-2H3,(H,21,22)/b18-8-,23-19?. The zero-order valence-electron chi connectivity index (χ0n) is 14.9. The highest BCUT2D eigenvalue weighted by molar-refractivity contribution is 6.15. The van der Waals surface area contributed by atoms with Gasteiger partial charge in [0.1, 0.15) is 22.8 Å². The lowest BCUT2D eigenvalue weighted by Gasteiger charge is -2.07. The molecule has 7 heteroatoms. The first kappa shape index (κ1) is 16.8. The van der Waals surface area contributed by atoms with Crippen LogP contribution in [0.2, 0.25) is 0 Å². The number of allylic oxidation sites excluding steroid dienone is 1. The molecule has 7 nitrogen and oxygen atoms in total. The Balaban J connectivity index is 1.63. The second kappa shape index (κ2) is 6.95. The van der Waals surface area contributed by atoms with Crippen molar-refractivity contribution in [3.05, 3.63) is 54.0 Å². The lowest BCUT2D eigenvalue weighted by Crippen LogP contribution is -1.94. The van der Waals surface area contributed by atoms with Crippen LogP contribution in [0.1, 0.15) is 12.0 Å². The van der Waals surface area contributed by atoms with Gasteiger partial charge in [0.05, 0.1) is 20.6 Å². The monoisotopic (exact) mass is 363 g/mol. The zero-order chi connectivity index (χ0) is 18.8. The van der Waals surface area contributed by atoms with Crippen molar-refractivity contribution in [1.82, 2.24) is 9.97 Å². The summed E-state index contributed by atoms with van der Waals surface area (Å²) in [6.45, 7) is 0. The van der Waals surface area contributed by atoms with Gasteiger partial charge < -0.3 is 19.2 Å². The number of benzene rings is 1. The summed E-state index contributed by atoms with van der Waals surface area (Å²) in [5.74, 6) is 1.66. The maximum Gasteiger partial charge on any atom is 0.207 e. The van der Waals surface area contributed by atoms with Crippen LogP contribution in [-0.4, -0.2) is 35.9 Å². The van der Waals surface area contributed by atoms with Crippen LogP contribution >= 0.6 is 0 Å². The van der Waals surface area contributed by atoms with Crippen LogP contribution in [0.3, 0.4) is 0 Å². The van der Waals surface area contributed by atoms with Gasteiger partial charge in [0.15, 0.2) is 5.76 Å². The molecule has 0 radical (unpaired) electrons. The van der Waals surface area contributed by atoms with Gasteiger partial charge in [-0.15, -0.1) is 0 Å². The second-order valence-corrected chi connectivity index (χ2v) is 5.90. The molecule has 1 aliphatic heterocycles. The first-order valence-corrected chi connectivity index (χ1v) is 8.32. The molecule has 3 aromatic rings. The number of aromatic nitrogens is 2. The highest BCUT2D eigenvalue weighted by atomic mass is 16.5. The largest absolute Gasteiger partial charge is 0.497 e. The van der Waals surface area contributed by atoms with Crippen LogP contribution in [-0.2, 0) is 9.53 Å². The van der Waals surface area contributed by atoms with Gasteiger partial charge in [0, 0.05) is 29.4 Å². The minimum Gasteiger partial charge on any atom is -0.497 e. The topological polar surface area (TPSA) is 85.8 Å². The summed E-state index contributed by atoms with van der Waals surface area (Å²) in [6.07, 6.45) is 5.31. The van der Waals surface area contributed by atoms with Crippen molar-refractivity contribution >= 4 is 34.5 Å². The molecule has 1 aliphatic rings. The van der Waals surface area contributed by atoms with E-state index in [4.69, 9.17) is 14.2 Å². The highest BCUT2D eigenvalue weighted by Crippen LogP contribution is 2.33.